The number of hydrogen-bond acceptors (Lipinski definition) is 4. The summed E-state index contributed by atoms with van der Waals surface area (Å²) >= 11 is 5.96. The second-order valence-electron chi connectivity index (χ2n) is 4.22. The van der Waals surface area contributed by atoms with Gasteiger partial charge < -0.3 is 4.90 Å². The van der Waals surface area contributed by atoms with Crippen molar-refractivity contribution >= 4 is 23.2 Å². The molecule has 0 aromatic carbocycles. The zero-order valence-corrected chi connectivity index (χ0v) is 11.0. The lowest BCUT2D eigenvalue weighted by Gasteiger charge is -2.20. The molecular weight excluding hydrogens is 238 g/mol. The number of aryl methyl sites for hydroxylation is 1. The van der Waals surface area contributed by atoms with Crippen molar-refractivity contribution in [1.82, 2.24) is 19.6 Å². The highest BCUT2D eigenvalue weighted by Gasteiger charge is 2.10. The summed E-state index contributed by atoms with van der Waals surface area (Å²) in [5, 5.41) is 4.35. The minimum atomic E-state index is 0.173. The number of halogens is 1. The first-order valence-corrected chi connectivity index (χ1v) is 6.04. The number of fused-ring (bicyclic) bond motifs is 1. The van der Waals surface area contributed by atoms with Crippen LogP contribution in [0.5, 0.6) is 0 Å². The Hall–Kier alpha value is -1.36. The predicted octanol–water partition coefficient (Wildman–Crippen LogP) is 1.89. The van der Waals surface area contributed by atoms with Crippen LogP contribution in [-0.4, -0.2) is 38.6 Å². The number of anilines is 1. The molecule has 1 unspecified atom stereocenters. The number of aromatic nitrogens is 4. The molecule has 0 amide bonds. The quantitative estimate of drug-likeness (QED) is 0.781. The summed E-state index contributed by atoms with van der Waals surface area (Å²) in [5.74, 6) is 1.62. The monoisotopic (exact) mass is 253 g/mol. The highest BCUT2D eigenvalue weighted by Crippen LogP contribution is 2.15. The van der Waals surface area contributed by atoms with E-state index in [1.54, 1.807) is 4.52 Å². The summed E-state index contributed by atoms with van der Waals surface area (Å²) in [6.07, 6.45) is 2.44. The van der Waals surface area contributed by atoms with Crippen LogP contribution < -0.4 is 4.90 Å². The van der Waals surface area contributed by atoms with Crippen molar-refractivity contribution in [3.8, 4) is 0 Å². The molecule has 0 aliphatic rings. The van der Waals surface area contributed by atoms with Crippen LogP contribution in [0.25, 0.3) is 5.78 Å². The highest BCUT2D eigenvalue weighted by atomic mass is 35.5. The van der Waals surface area contributed by atoms with E-state index in [1.807, 2.05) is 27.0 Å². The standard InChI is InChI=1S/C11H16ClN5/c1-8(12)4-5-16(3)10-6-9(2)15-11-13-7-14-17(10)11/h6-8H,4-5H2,1-3H3. The van der Waals surface area contributed by atoms with Crippen LogP contribution in [0, 0.1) is 6.92 Å². The van der Waals surface area contributed by atoms with E-state index in [2.05, 4.69) is 20.0 Å². The molecule has 2 aromatic heterocycles. The Morgan fingerprint density at radius 3 is 3.00 bits per heavy atom. The third-order valence-corrected chi connectivity index (χ3v) is 2.83. The molecule has 6 heteroatoms. The topological polar surface area (TPSA) is 46.3 Å². The second kappa shape index (κ2) is 4.87. The van der Waals surface area contributed by atoms with Gasteiger partial charge >= 0.3 is 0 Å². The second-order valence-corrected chi connectivity index (χ2v) is 4.96. The number of hydrogen-bond donors (Lipinski definition) is 0. The Morgan fingerprint density at radius 1 is 1.53 bits per heavy atom. The van der Waals surface area contributed by atoms with Crippen LogP contribution >= 0.6 is 11.6 Å². The lowest BCUT2D eigenvalue weighted by atomic mass is 10.3. The smallest absolute Gasteiger partial charge is 0.254 e. The van der Waals surface area contributed by atoms with Crippen LogP contribution in [-0.2, 0) is 0 Å². The Labute approximate surface area is 105 Å². The average molecular weight is 254 g/mol. The van der Waals surface area contributed by atoms with E-state index in [9.17, 15) is 0 Å². The zero-order chi connectivity index (χ0) is 12.4. The fourth-order valence-corrected chi connectivity index (χ4v) is 1.77. The molecule has 0 N–H and O–H groups in total. The molecule has 0 spiro atoms. The Kier molecular flexibility index (Phi) is 3.47. The van der Waals surface area contributed by atoms with Crippen molar-refractivity contribution in [2.45, 2.75) is 25.6 Å². The van der Waals surface area contributed by atoms with E-state index in [1.165, 1.54) is 6.33 Å². The molecule has 0 saturated heterocycles. The van der Waals surface area contributed by atoms with E-state index in [-0.39, 0.29) is 5.38 Å². The maximum atomic E-state index is 5.96. The molecule has 0 saturated carbocycles. The first kappa shape index (κ1) is 12.1. The zero-order valence-electron chi connectivity index (χ0n) is 10.3. The summed E-state index contributed by atoms with van der Waals surface area (Å²) in [7, 11) is 2.02. The number of rotatable bonds is 4. The van der Waals surface area contributed by atoms with Crippen molar-refractivity contribution < 1.29 is 0 Å². The van der Waals surface area contributed by atoms with Gasteiger partial charge in [0.15, 0.2) is 0 Å². The Bertz CT molecular complexity index is 508. The Balaban J connectivity index is 2.30. The van der Waals surface area contributed by atoms with Crippen molar-refractivity contribution in [2.24, 2.45) is 0 Å². The molecule has 0 fully saturated rings. The molecule has 92 valence electrons. The SMILES string of the molecule is Cc1cc(N(C)CCC(C)Cl)n2ncnc2n1. The van der Waals surface area contributed by atoms with Crippen molar-refractivity contribution in [2.75, 3.05) is 18.5 Å². The minimum Gasteiger partial charge on any atom is -0.359 e. The number of alkyl halides is 1. The summed E-state index contributed by atoms with van der Waals surface area (Å²) in [4.78, 5) is 10.5. The molecule has 0 bridgehead atoms. The van der Waals surface area contributed by atoms with Crippen LogP contribution in [0.15, 0.2) is 12.4 Å². The van der Waals surface area contributed by atoms with E-state index in [0.29, 0.717) is 5.78 Å². The van der Waals surface area contributed by atoms with Gasteiger partial charge in [-0.25, -0.2) is 4.98 Å². The lowest BCUT2D eigenvalue weighted by molar-refractivity contribution is 0.748. The van der Waals surface area contributed by atoms with E-state index < -0.39 is 0 Å². The molecule has 17 heavy (non-hydrogen) atoms. The highest BCUT2D eigenvalue weighted by molar-refractivity contribution is 6.20. The van der Waals surface area contributed by atoms with Gasteiger partial charge in [-0.3, -0.25) is 0 Å². The van der Waals surface area contributed by atoms with Gasteiger partial charge in [-0.2, -0.15) is 14.6 Å². The summed E-state index contributed by atoms with van der Waals surface area (Å²) < 4.78 is 1.74. The van der Waals surface area contributed by atoms with E-state index in [4.69, 9.17) is 11.6 Å². The van der Waals surface area contributed by atoms with Crippen LogP contribution in [0.1, 0.15) is 19.0 Å². The summed E-state index contributed by atoms with van der Waals surface area (Å²) in [6.45, 7) is 4.83. The van der Waals surface area contributed by atoms with Gasteiger partial charge in [0.1, 0.15) is 12.1 Å². The lowest BCUT2D eigenvalue weighted by Crippen LogP contribution is -2.23. The molecule has 0 radical (unpaired) electrons. The maximum absolute atomic E-state index is 5.96. The average Bonchev–Trinajstić information content (AvgIpc) is 2.72. The molecular formula is C11H16ClN5. The molecule has 0 aliphatic heterocycles. The molecule has 2 rings (SSSR count). The molecule has 2 heterocycles. The van der Waals surface area contributed by atoms with Gasteiger partial charge in [-0.1, -0.05) is 0 Å². The van der Waals surface area contributed by atoms with Crippen molar-refractivity contribution in [3.63, 3.8) is 0 Å². The molecule has 0 aliphatic carbocycles. The molecule has 2 aromatic rings. The van der Waals surface area contributed by atoms with E-state index in [0.717, 1.165) is 24.5 Å². The van der Waals surface area contributed by atoms with Crippen molar-refractivity contribution in [1.29, 1.82) is 0 Å². The van der Waals surface area contributed by atoms with Gasteiger partial charge in [-0.15, -0.1) is 11.6 Å². The van der Waals surface area contributed by atoms with Gasteiger partial charge in [0.2, 0.25) is 0 Å². The third-order valence-electron chi connectivity index (χ3n) is 2.61. The fourth-order valence-electron chi connectivity index (χ4n) is 1.67. The Morgan fingerprint density at radius 2 is 2.29 bits per heavy atom. The fraction of sp³-hybridized carbons (Fsp3) is 0.545. The van der Waals surface area contributed by atoms with Gasteiger partial charge in [0.25, 0.3) is 5.78 Å². The summed E-state index contributed by atoms with van der Waals surface area (Å²) in [5.41, 5.74) is 0.936. The van der Waals surface area contributed by atoms with E-state index >= 15 is 0 Å². The van der Waals surface area contributed by atoms with Crippen molar-refractivity contribution in [3.05, 3.63) is 18.1 Å². The third kappa shape index (κ3) is 2.66. The van der Waals surface area contributed by atoms with Crippen LogP contribution in [0.2, 0.25) is 0 Å². The van der Waals surface area contributed by atoms with Crippen LogP contribution in [0.3, 0.4) is 0 Å². The molecule has 5 nitrogen and oxygen atoms in total. The molecule has 1 atom stereocenters. The van der Waals surface area contributed by atoms with Gasteiger partial charge in [-0.05, 0) is 20.3 Å². The van der Waals surface area contributed by atoms with Gasteiger partial charge in [0, 0.05) is 30.7 Å². The normalized spacial score (nSPS) is 12.9. The summed E-state index contributed by atoms with van der Waals surface area (Å²) in [6, 6.07) is 2.00. The first-order chi connectivity index (χ1) is 8.08. The van der Waals surface area contributed by atoms with Gasteiger partial charge in [0.05, 0.1) is 0 Å². The maximum Gasteiger partial charge on any atom is 0.254 e. The first-order valence-electron chi connectivity index (χ1n) is 5.60. The largest absolute Gasteiger partial charge is 0.359 e. The number of nitrogens with zero attached hydrogens (tertiary/aromatic N) is 5. The van der Waals surface area contributed by atoms with Crippen LogP contribution in [0.4, 0.5) is 5.82 Å². The predicted molar refractivity (Wildman–Crippen MR) is 68.7 cm³/mol. The minimum absolute atomic E-state index is 0.173.